The summed E-state index contributed by atoms with van der Waals surface area (Å²) in [6.45, 7) is 2.20. The zero-order valence-corrected chi connectivity index (χ0v) is 7.19. The molecule has 1 aliphatic rings. The fourth-order valence-electron chi connectivity index (χ4n) is 1.32. The highest BCUT2D eigenvalue weighted by molar-refractivity contribution is 5.72. The Hall–Kier alpha value is -0.830. The predicted molar refractivity (Wildman–Crippen MR) is 44.5 cm³/mol. The molecule has 3 heteroatoms. The summed E-state index contributed by atoms with van der Waals surface area (Å²) in [5.74, 6) is -0.342. The molecule has 0 bridgehead atoms. The molecule has 3 nitrogen and oxygen atoms in total. The van der Waals surface area contributed by atoms with Crippen LogP contribution in [0.25, 0.3) is 0 Å². The van der Waals surface area contributed by atoms with E-state index in [2.05, 4.69) is 0 Å². The van der Waals surface area contributed by atoms with Gasteiger partial charge in [0.1, 0.15) is 0 Å². The molecule has 0 saturated heterocycles. The predicted octanol–water partition coefficient (Wildman–Crippen LogP) is 0.877. The summed E-state index contributed by atoms with van der Waals surface area (Å²) >= 11 is 0. The van der Waals surface area contributed by atoms with Crippen molar-refractivity contribution in [1.82, 2.24) is 0 Å². The van der Waals surface area contributed by atoms with Crippen LogP contribution in [0, 0.1) is 5.92 Å². The first-order valence-electron chi connectivity index (χ1n) is 4.25. The van der Waals surface area contributed by atoms with Gasteiger partial charge in [-0.05, 0) is 19.8 Å². The maximum absolute atomic E-state index is 11.2. The van der Waals surface area contributed by atoms with E-state index in [9.17, 15) is 9.90 Å². The van der Waals surface area contributed by atoms with Crippen molar-refractivity contribution < 1.29 is 14.6 Å². The highest BCUT2D eigenvalue weighted by Crippen LogP contribution is 2.19. The molecule has 2 unspecified atom stereocenters. The van der Waals surface area contributed by atoms with Gasteiger partial charge in [-0.15, -0.1) is 0 Å². The summed E-state index contributed by atoms with van der Waals surface area (Å²) in [5.41, 5.74) is 0. The van der Waals surface area contributed by atoms with E-state index in [1.165, 1.54) is 0 Å². The molecule has 1 N–H and O–H groups in total. The van der Waals surface area contributed by atoms with E-state index in [4.69, 9.17) is 4.74 Å². The van der Waals surface area contributed by atoms with Gasteiger partial charge >= 0.3 is 5.97 Å². The van der Waals surface area contributed by atoms with Crippen LogP contribution in [0.4, 0.5) is 0 Å². The van der Waals surface area contributed by atoms with Gasteiger partial charge in [-0.3, -0.25) is 4.79 Å². The Labute approximate surface area is 72.0 Å². The SMILES string of the molecule is CCOC(=O)C1CC=CC(O)C1. The standard InChI is InChI=1S/C9H14O3/c1-2-12-9(11)7-4-3-5-8(10)6-7/h3,5,7-8,10H,2,4,6H2,1H3. The van der Waals surface area contributed by atoms with Crippen molar-refractivity contribution >= 4 is 5.97 Å². The van der Waals surface area contributed by atoms with Gasteiger partial charge in [0.05, 0.1) is 18.6 Å². The maximum Gasteiger partial charge on any atom is 0.309 e. The molecule has 0 amide bonds. The number of aliphatic hydroxyl groups is 1. The Bertz CT molecular complexity index is 186. The fraction of sp³-hybridized carbons (Fsp3) is 0.667. The van der Waals surface area contributed by atoms with E-state index in [-0.39, 0.29) is 11.9 Å². The van der Waals surface area contributed by atoms with Crippen molar-refractivity contribution in [3.05, 3.63) is 12.2 Å². The third-order valence-electron chi connectivity index (χ3n) is 1.92. The zero-order valence-electron chi connectivity index (χ0n) is 7.19. The number of carbonyl (C=O) groups excluding carboxylic acids is 1. The lowest BCUT2D eigenvalue weighted by Crippen LogP contribution is -2.24. The third-order valence-corrected chi connectivity index (χ3v) is 1.92. The summed E-state index contributed by atoms with van der Waals surface area (Å²) in [6, 6.07) is 0. The quantitative estimate of drug-likeness (QED) is 0.494. The minimum Gasteiger partial charge on any atom is -0.466 e. The zero-order chi connectivity index (χ0) is 8.97. The van der Waals surface area contributed by atoms with Crippen LogP contribution < -0.4 is 0 Å². The van der Waals surface area contributed by atoms with Crippen LogP contribution in [0.1, 0.15) is 19.8 Å². The largest absolute Gasteiger partial charge is 0.466 e. The molecule has 12 heavy (non-hydrogen) atoms. The number of carbonyl (C=O) groups is 1. The Morgan fingerprint density at radius 2 is 2.50 bits per heavy atom. The molecule has 1 rings (SSSR count). The van der Waals surface area contributed by atoms with E-state index < -0.39 is 6.10 Å². The van der Waals surface area contributed by atoms with Crippen LogP contribution in [0.5, 0.6) is 0 Å². The molecule has 2 atom stereocenters. The Kier molecular flexibility index (Phi) is 3.29. The topological polar surface area (TPSA) is 46.5 Å². The van der Waals surface area contributed by atoms with Crippen molar-refractivity contribution in [1.29, 1.82) is 0 Å². The second kappa shape index (κ2) is 4.26. The molecule has 0 fully saturated rings. The minimum atomic E-state index is -0.479. The first-order chi connectivity index (χ1) is 5.74. The lowest BCUT2D eigenvalue weighted by atomic mass is 9.93. The van der Waals surface area contributed by atoms with Gasteiger partial charge in [0, 0.05) is 0 Å². The van der Waals surface area contributed by atoms with E-state index in [0.717, 1.165) is 0 Å². The molecular weight excluding hydrogens is 156 g/mol. The van der Waals surface area contributed by atoms with Crippen LogP contribution in [-0.2, 0) is 9.53 Å². The number of allylic oxidation sites excluding steroid dienone is 1. The molecule has 0 aromatic rings. The molecule has 0 saturated carbocycles. The highest BCUT2D eigenvalue weighted by Gasteiger charge is 2.23. The lowest BCUT2D eigenvalue weighted by molar-refractivity contribution is -0.149. The molecule has 0 aromatic carbocycles. The Morgan fingerprint density at radius 1 is 1.75 bits per heavy atom. The number of hydrogen-bond acceptors (Lipinski definition) is 3. The summed E-state index contributed by atoms with van der Waals surface area (Å²) in [6.07, 6.45) is 4.25. The normalized spacial score (nSPS) is 28.5. The lowest BCUT2D eigenvalue weighted by Gasteiger charge is -2.19. The smallest absolute Gasteiger partial charge is 0.309 e. The van der Waals surface area contributed by atoms with E-state index >= 15 is 0 Å². The van der Waals surface area contributed by atoms with Crippen molar-refractivity contribution in [3.63, 3.8) is 0 Å². The Balaban J connectivity index is 2.43. The number of ether oxygens (including phenoxy) is 1. The van der Waals surface area contributed by atoms with E-state index in [1.54, 1.807) is 13.0 Å². The number of rotatable bonds is 2. The maximum atomic E-state index is 11.2. The first-order valence-corrected chi connectivity index (χ1v) is 4.25. The molecule has 0 radical (unpaired) electrons. The monoisotopic (exact) mass is 170 g/mol. The molecule has 1 aliphatic carbocycles. The third kappa shape index (κ3) is 2.34. The number of hydrogen-bond donors (Lipinski definition) is 1. The number of aliphatic hydroxyl groups excluding tert-OH is 1. The summed E-state index contributed by atoms with van der Waals surface area (Å²) in [5, 5.41) is 9.20. The van der Waals surface area contributed by atoms with Crippen LogP contribution in [-0.4, -0.2) is 23.8 Å². The second-order valence-corrected chi connectivity index (χ2v) is 2.92. The van der Waals surface area contributed by atoms with Gasteiger partial charge in [0.25, 0.3) is 0 Å². The van der Waals surface area contributed by atoms with Crippen LogP contribution >= 0.6 is 0 Å². The summed E-state index contributed by atoms with van der Waals surface area (Å²) < 4.78 is 4.85. The van der Waals surface area contributed by atoms with Crippen molar-refractivity contribution in [2.45, 2.75) is 25.9 Å². The molecule has 0 heterocycles. The van der Waals surface area contributed by atoms with Crippen LogP contribution in [0.2, 0.25) is 0 Å². The summed E-state index contributed by atoms with van der Waals surface area (Å²) in [7, 11) is 0. The Morgan fingerprint density at radius 3 is 3.08 bits per heavy atom. The average Bonchev–Trinajstić information content (AvgIpc) is 2.05. The van der Waals surface area contributed by atoms with Crippen molar-refractivity contribution in [3.8, 4) is 0 Å². The molecule has 0 spiro atoms. The molecular formula is C9H14O3. The van der Waals surface area contributed by atoms with Crippen LogP contribution in [0.3, 0.4) is 0 Å². The molecule has 0 aliphatic heterocycles. The van der Waals surface area contributed by atoms with Gasteiger partial charge in [-0.25, -0.2) is 0 Å². The van der Waals surface area contributed by atoms with E-state index in [1.807, 2.05) is 6.08 Å². The summed E-state index contributed by atoms with van der Waals surface area (Å²) in [4.78, 5) is 11.2. The average molecular weight is 170 g/mol. The number of esters is 1. The first kappa shape index (κ1) is 9.26. The molecule has 68 valence electrons. The van der Waals surface area contributed by atoms with E-state index in [0.29, 0.717) is 19.4 Å². The van der Waals surface area contributed by atoms with Crippen molar-refractivity contribution in [2.24, 2.45) is 5.92 Å². The van der Waals surface area contributed by atoms with Gasteiger partial charge in [-0.1, -0.05) is 12.2 Å². The van der Waals surface area contributed by atoms with Gasteiger partial charge < -0.3 is 9.84 Å². The van der Waals surface area contributed by atoms with Crippen LogP contribution in [0.15, 0.2) is 12.2 Å². The van der Waals surface area contributed by atoms with Gasteiger partial charge in [0.15, 0.2) is 0 Å². The second-order valence-electron chi connectivity index (χ2n) is 2.92. The minimum absolute atomic E-state index is 0.148. The fourth-order valence-corrected chi connectivity index (χ4v) is 1.32. The van der Waals surface area contributed by atoms with Gasteiger partial charge in [-0.2, -0.15) is 0 Å². The van der Waals surface area contributed by atoms with Gasteiger partial charge in [0.2, 0.25) is 0 Å². The molecule has 0 aromatic heterocycles. The van der Waals surface area contributed by atoms with Crippen molar-refractivity contribution in [2.75, 3.05) is 6.61 Å². The highest BCUT2D eigenvalue weighted by atomic mass is 16.5.